The molecule has 0 bridgehead atoms. The average molecular weight is 253 g/mol. The maximum absolute atomic E-state index is 6.13. The standard InChI is InChI=1S/C13H23N3S/c1-3-11-8-16(6-4-12(11)14)7-5-13-10(2)15-9-17-13/h9,11-12H,3-8,14H2,1-2H3. The second-order valence-electron chi connectivity index (χ2n) is 5.03. The summed E-state index contributed by atoms with van der Waals surface area (Å²) >= 11 is 1.78. The third kappa shape index (κ3) is 3.27. The molecule has 4 heteroatoms. The highest BCUT2D eigenvalue weighted by Crippen LogP contribution is 2.20. The predicted molar refractivity (Wildman–Crippen MR) is 73.4 cm³/mol. The first kappa shape index (κ1) is 13.0. The Kier molecular flexibility index (Phi) is 4.54. The second kappa shape index (κ2) is 5.94. The van der Waals surface area contributed by atoms with Crippen molar-refractivity contribution in [1.29, 1.82) is 0 Å². The lowest BCUT2D eigenvalue weighted by atomic mass is 9.90. The number of rotatable bonds is 4. The van der Waals surface area contributed by atoms with Crippen molar-refractivity contribution in [3.8, 4) is 0 Å². The molecule has 2 atom stereocenters. The van der Waals surface area contributed by atoms with Gasteiger partial charge in [0.25, 0.3) is 0 Å². The first-order valence-electron chi connectivity index (χ1n) is 6.57. The van der Waals surface area contributed by atoms with Gasteiger partial charge in [0.2, 0.25) is 0 Å². The highest BCUT2D eigenvalue weighted by molar-refractivity contribution is 7.09. The van der Waals surface area contributed by atoms with E-state index in [9.17, 15) is 0 Å². The molecule has 0 saturated carbocycles. The van der Waals surface area contributed by atoms with Gasteiger partial charge in [0.05, 0.1) is 11.2 Å². The molecule has 96 valence electrons. The summed E-state index contributed by atoms with van der Waals surface area (Å²) in [5.74, 6) is 0.686. The molecule has 1 aromatic heterocycles. The van der Waals surface area contributed by atoms with Crippen molar-refractivity contribution in [2.24, 2.45) is 11.7 Å². The zero-order valence-corrected chi connectivity index (χ0v) is 11.7. The fourth-order valence-electron chi connectivity index (χ4n) is 2.59. The third-order valence-corrected chi connectivity index (χ3v) is 4.90. The molecule has 0 amide bonds. The molecule has 1 aliphatic rings. The minimum absolute atomic E-state index is 0.418. The van der Waals surface area contributed by atoms with Gasteiger partial charge in [-0.2, -0.15) is 0 Å². The van der Waals surface area contributed by atoms with E-state index in [4.69, 9.17) is 5.73 Å². The lowest BCUT2D eigenvalue weighted by molar-refractivity contribution is 0.154. The van der Waals surface area contributed by atoms with Crippen LogP contribution in [0.1, 0.15) is 30.3 Å². The van der Waals surface area contributed by atoms with Crippen LogP contribution in [-0.4, -0.2) is 35.6 Å². The molecule has 0 aromatic carbocycles. The van der Waals surface area contributed by atoms with Crippen LogP contribution in [0.25, 0.3) is 0 Å². The van der Waals surface area contributed by atoms with E-state index in [0.29, 0.717) is 12.0 Å². The van der Waals surface area contributed by atoms with E-state index < -0.39 is 0 Å². The Labute approximate surface area is 108 Å². The minimum Gasteiger partial charge on any atom is -0.327 e. The molecule has 1 saturated heterocycles. The lowest BCUT2D eigenvalue weighted by Gasteiger charge is -2.36. The second-order valence-corrected chi connectivity index (χ2v) is 5.97. The number of thiazole rings is 1. The highest BCUT2D eigenvalue weighted by Gasteiger charge is 2.24. The maximum Gasteiger partial charge on any atom is 0.0797 e. The van der Waals surface area contributed by atoms with Crippen molar-refractivity contribution < 1.29 is 0 Å². The van der Waals surface area contributed by atoms with Gasteiger partial charge in [0, 0.05) is 24.0 Å². The maximum atomic E-state index is 6.13. The number of hydrogen-bond donors (Lipinski definition) is 1. The molecule has 2 heterocycles. The Morgan fingerprint density at radius 1 is 1.59 bits per heavy atom. The summed E-state index contributed by atoms with van der Waals surface area (Å²) in [5, 5.41) is 0. The number of nitrogens with two attached hydrogens (primary N) is 1. The summed E-state index contributed by atoms with van der Waals surface area (Å²) in [6.07, 6.45) is 3.50. The normalized spacial score (nSPS) is 26.3. The molecule has 1 aromatic rings. The van der Waals surface area contributed by atoms with Crippen LogP contribution >= 0.6 is 11.3 Å². The first-order valence-corrected chi connectivity index (χ1v) is 7.45. The highest BCUT2D eigenvalue weighted by atomic mass is 32.1. The zero-order valence-electron chi connectivity index (χ0n) is 10.9. The van der Waals surface area contributed by atoms with E-state index in [1.807, 2.05) is 5.51 Å². The molecular weight excluding hydrogens is 230 g/mol. The summed E-state index contributed by atoms with van der Waals surface area (Å²) in [4.78, 5) is 8.31. The molecule has 0 aliphatic carbocycles. The summed E-state index contributed by atoms with van der Waals surface area (Å²) in [6, 6.07) is 0.418. The van der Waals surface area contributed by atoms with E-state index in [1.54, 1.807) is 11.3 Å². The van der Waals surface area contributed by atoms with Crippen LogP contribution in [0.15, 0.2) is 5.51 Å². The number of aryl methyl sites for hydroxylation is 1. The monoisotopic (exact) mass is 253 g/mol. The lowest BCUT2D eigenvalue weighted by Crippen LogP contribution is -2.47. The van der Waals surface area contributed by atoms with Crippen LogP contribution in [0.5, 0.6) is 0 Å². The molecule has 0 radical (unpaired) electrons. The molecular formula is C13H23N3S. The number of piperidine rings is 1. The molecule has 0 spiro atoms. The van der Waals surface area contributed by atoms with Crippen LogP contribution in [0.2, 0.25) is 0 Å². The van der Waals surface area contributed by atoms with E-state index in [0.717, 1.165) is 25.9 Å². The summed E-state index contributed by atoms with van der Waals surface area (Å²) in [6.45, 7) is 7.85. The molecule has 2 rings (SSSR count). The number of hydrogen-bond acceptors (Lipinski definition) is 4. The SMILES string of the molecule is CCC1CN(CCc2scnc2C)CCC1N. The molecule has 2 unspecified atom stereocenters. The van der Waals surface area contributed by atoms with Crippen LogP contribution in [0.4, 0.5) is 0 Å². The summed E-state index contributed by atoms with van der Waals surface area (Å²) < 4.78 is 0. The summed E-state index contributed by atoms with van der Waals surface area (Å²) in [5.41, 5.74) is 9.29. The van der Waals surface area contributed by atoms with Gasteiger partial charge in [-0.3, -0.25) is 0 Å². The fraction of sp³-hybridized carbons (Fsp3) is 0.769. The van der Waals surface area contributed by atoms with Gasteiger partial charge in [-0.25, -0.2) is 4.98 Å². The van der Waals surface area contributed by atoms with E-state index in [1.165, 1.54) is 23.5 Å². The smallest absolute Gasteiger partial charge is 0.0797 e. The Balaban J connectivity index is 1.82. The van der Waals surface area contributed by atoms with Gasteiger partial charge in [-0.15, -0.1) is 11.3 Å². The van der Waals surface area contributed by atoms with Crippen LogP contribution in [-0.2, 0) is 6.42 Å². The van der Waals surface area contributed by atoms with Crippen molar-refractivity contribution in [2.45, 2.75) is 39.2 Å². The van der Waals surface area contributed by atoms with E-state index in [2.05, 4.69) is 23.7 Å². The van der Waals surface area contributed by atoms with Gasteiger partial charge in [0.15, 0.2) is 0 Å². The van der Waals surface area contributed by atoms with E-state index >= 15 is 0 Å². The molecule has 17 heavy (non-hydrogen) atoms. The Hall–Kier alpha value is -0.450. The van der Waals surface area contributed by atoms with Gasteiger partial charge >= 0.3 is 0 Å². The average Bonchev–Trinajstić information content (AvgIpc) is 2.74. The zero-order chi connectivity index (χ0) is 12.3. The first-order chi connectivity index (χ1) is 8.20. The minimum atomic E-state index is 0.418. The van der Waals surface area contributed by atoms with Crippen LogP contribution in [0, 0.1) is 12.8 Å². The molecule has 1 fully saturated rings. The van der Waals surface area contributed by atoms with Crippen molar-refractivity contribution in [2.75, 3.05) is 19.6 Å². The Bertz CT molecular complexity index is 350. The fourth-order valence-corrected chi connectivity index (χ4v) is 3.36. The van der Waals surface area contributed by atoms with Crippen molar-refractivity contribution in [1.82, 2.24) is 9.88 Å². The van der Waals surface area contributed by atoms with Crippen molar-refractivity contribution in [3.63, 3.8) is 0 Å². The molecule has 3 nitrogen and oxygen atoms in total. The van der Waals surface area contributed by atoms with Gasteiger partial charge in [0.1, 0.15) is 0 Å². The Morgan fingerprint density at radius 3 is 3.06 bits per heavy atom. The molecule has 1 aliphatic heterocycles. The number of aromatic nitrogens is 1. The van der Waals surface area contributed by atoms with E-state index in [-0.39, 0.29) is 0 Å². The van der Waals surface area contributed by atoms with Crippen LogP contribution in [0.3, 0.4) is 0 Å². The predicted octanol–water partition coefficient (Wildman–Crippen LogP) is 2.05. The van der Waals surface area contributed by atoms with Gasteiger partial charge in [-0.1, -0.05) is 13.3 Å². The Morgan fingerprint density at radius 2 is 2.41 bits per heavy atom. The number of nitrogens with zero attached hydrogens (tertiary/aromatic N) is 2. The number of likely N-dealkylation sites (tertiary alicyclic amines) is 1. The topological polar surface area (TPSA) is 42.2 Å². The molecule has 2 N–H and O–H groups in total. The van der Waals surface area contributed by atoms with Crippen molar-refractivity contribution in [3.05, 3.63) is 16.1 Å². The summed E-state index contributed by atoms with van der Waals surface area (Å²) in [7, 11) is 0. The van der Waals surface area contributed by atoms with Gasteiger partial charge in [-0.05, 0) is 32.2 Å². The third-order valence-electron chi connectivity index (χ3n) is 3.90. The quantitative estimate of drug-likeness (QED) is 0.893. The van der Waals surface area contributed by atoms with Gasteiger partial charge < -0.3 is 10.6 Å². The van der Waals surface area contributed by atoms with Crippen LogP contribution < -0.4 is 5.73 Å². The largest absolute Gasteiger partial charge is 0.327 e. The van der Waals surface area contributed by atoms with Crippen molar-refractivity contribution >= 4 is 11.3 Å².